The minimum atomic E-state index is -1.01. The molecule has 0 fully saturated rings. The number of nitrogens with one attached hydrogen (secondary N) is 1. The number of ketones is 2. The molecule has 1 aliphatic rings. The number of benzene rings is 2. The molecule has 2 aromatic rings. The molecule has 1 heterocycles. The number of fused-ring (bicyclic) bond motifs is 2. The van der Waals surface area contributed by atoms with Crippen molar-refractivity contribution in [3.05, 3.63) is 42.0 Å². The lowest BCUT2D eigenvalue weighted by molar-refractivity contribution is -0.132. The summed E-state index contributed by atoms with van der Waals surface area (Å²) in [6.45, 7) is 0. The van der Waals surface area contributed by atoms with Crippen molar-refractivity contribution in [2.75, 3.05) is 5.32 Å². The second kappa shape index (κ2) is 3.25. The fourth-order valence-corrected chi connectivity index (χ4v) is 1.94. The summed E-state index contributed by atoms with van der Waals surface area (Å²) in [5, 5.41) is 4.20. The number of Topliss-reactive ketones (excluding diaryl/α,β-unsaturated/α-hetero) is 2. The van der Waals surface area contributed by atoms with E-state index in [2.05, 4.69) is 5.32 Å². The molecule has 0 aliphatic carbocycles. The third kappa shape index (κ3) is 1.34. The highest BCUT2D eigenvalue weighted by atomic mass is 16.2. The summed E-state index contributed by atoms with van der Waals surface area (Å²) < 4.78 is 0. The Bertz CT molecular complexity index is 688. The van der Waals surface area contributed by atoms with Crippen LogP contribution in [0, 0.1) is 0 Å². The number of rotatable bonds is 0. The quantitative estimate of drug-likeness (QED) is 0.692. The van der Waals surface area contributed by atoms with Crippen LogP contribution in [-0.4, -0.2) is 17.5 Å². The number of amides is 1. The Balaban J connectivity index is 2.32. The van der Waals surface area contributed by atoms with E-state index in [1.807, 2.05) is 24.3 Å². The molecule has 1 aliphatic heterocycles. The topological polar surface area (TPSA) is 63.2 Å². The molecule has 0 saturated heterocycles. The highest BCUT2D eigenvalue weighted by Gasteiger charge is 2.32. The van der Waals surface area contributed by atoms with Gasteiger partial charge in [-0.1, -0.05) is 24.3 Å². The van der Waals surface area contributed by atoms with E-state index < -0.39 is 17.5 Å². The Morgan fingerprint density at radius 1 is 0.824 bits per heavy atom. The first-order valence-electron chi connectivity index (χ1n) is 5.09. The average molecular weight is 225 g/mol. The van der Waals surface area contributed by atoms with Crippen LogP contribution in [0.5, 0.6) is 0 Å². The van der Waals surface area contributed by atoms with E-state index in [0.717, 1.165) is 10.8 Å². The van der Waals surface area contributed by atoms with Gasteiger partial charge >= 0.3 is 0 Å². The van der Waals surface area contributed by atoms with Gasteiger partial charge in [0.15, 0.2) is 0 Å². The van der Waals surface area contributed by atoms with Crippen LogP contribution >= 0.6 is 0 Å². The molecule has 0 saturated carbocycles. The highest BCUT2D eigenvalue weighted by molar-refractivity contribution is 6.70. The lowest BCUT2D eigenvalue weighted by atomic mass is 9.97. The van der Waals surface area contributed by atoms with E-state index in [0.29, 0.717) is 5.69 Å². The number of carbonyl (C=O) groups excluding carboxylic acids is 3. The van der Waals surface area contributed by atoms with Crippen LogP contribution in [-0.2, 0) is 9.59 Å². The first kappa shape index (κ1) is 9.72. The molecule has 1 amide bonds. The first-order valence-corrected chi connectivity index (χ1v) is 5.09. The standard InChI is InChI=1S/C13H7NO3/c15-11-9-5-7-3-1-2-4-8(7)6-10(9)14-13(17)12(11)16/h1-6H,(H,14,17). The third-order valence-corrected chi connectivity index (χ3v) is 2.79. The molecule has 0 atom stereocenters. The Kier molecular flexibility index (Phi) is 1.86. The number of carbonyl (C=O) groups is 3. The van der Waals surface area contributed by atoms with E-state index >= 15 is 0 Å². The fourth-order valence-electron chi connectivity index (χ4n) is 1.94. The normalized spacial score (nSPS) is 14.7. The monoisotopic (exact) mass is 225 g/mol. The molecule has 0 spiro atoms. The maximum absolute atomic E-state index is 11.7. The molecule has 4 nitrogen and oxygen atoms in total. The summed E-state index contributed by atoms with van der Waals surface area (Å²) >= 11 is 0. The van der Waals surface area contributed by atoms with Crippen LogP contribution in [0.3, 0.4) is 0 Å². The maximum atomic E-state index is 11.7. The summed E-state index contributed by atoms with van der Waals surface area (Å²) in [5.41, 5.74) is 0.659. The molecule has 2 aromatic carbocycles. The largest absolute Gasteiger partial charge is 0.318 e. The SMILES string of the molecule is O=C1Nc2cc3ccccc3cc2C(=O)C1=O. The van der Waals surface area contributed by atoms with Crippen molar-refractivity contribution in [3.8, 4) is 0 Å². The lowest BCUT2D eigenvalue weighted by Crippen LogP contribution is -2.35. The summed E-state index contributed by atoms with van der Waals surface area (Å²) in [6.07, 6.45) is 0. The molecular weight excluding hydrogens is 218 g/mol. The lowest BCUT2D eigenvalue weighted by Gasteiger charge is -2.15. The van der Waals surface area contributed by atoms with Crippen LogP contribution in [0.1, 0.15) is 10.4 Å². The van der Waals surface area contributed by atoms with Gasteiger partial charge in [-0.05, 0) is 22.9 Å². The van der Waals surface area contributed by atoms with Gasteiger partial charge in [0.2, 0.25) is 5.78 Å². The Labute approximate surface area is 96.2 Å². The summed E-state index contributed by atoms with van der Waals surface area (Å²) in [7, 11) is 0. The number of anilines is 1. The molecule has 17 heavy (non-hydrogen) atoms. The van der Waals surface area contributed by atoms with Crippen LogP contribution < -0.4 is 5.32 Å². The molecule has 1 N–H and O–H groups in total. The van der Waals surface area contributed by atoms with Gasteiger partial charge < -0.3 is 5.32 Å². The summed E-state index contributed by atoms with van der Waals surface area (Å²) in [5.74, 6) is -2.61. The molecule has 0 bridgehead atoms. The smallest absolute Gasteiger partial charge is 0.300 e. The van der Waals surface area contributed by atoms with Gasteiger partial charge in [-0.3, -0.25) is 14.4 Å². The zero-order valence-electron chi connectivity index (χ0n) is 8.69. The van der Waals surface area contributed by atoms with Crippen LogP contribution in [0.15, 0.2) is 36.4 Å². The summed E-state index contributed by atoms with van der Waals surface area (Å²) in [6, 6.07) is 10.8. The molecule has 0 aromatic heterocycles. The second-order valence-electron chi connectivity index (χ2n) is 3.86. The molecule has 3 rings (SSSR count). The number of hydrogen-bond donors (Lipinski definition) is 1. The fraction of sp³-hybridized carbons (Fsp3) is 0. The Hall–Kier alpha value is -2.49. The van der Waals surface area contributed by atoms with Crippen molar-refractivity contribution < 1.29 is 14.4 Å². The predicted octanol–water partition coefficient (Wildman–Crippen LogP) is 1.54. The Morgan fingerprint density at radius 2 is 1.47 bits per heavy atom. The molecular formula is C13H7NO3. The predicted molar refractivity (Wildman–Crippen MR) is 61.9 cm³/mol. The molecule has 0 unspecified atom stereocenters. The van der Waals surface area contributed by atoms with Gasteiger partial charge in [0, 0.05) is 0 Å². The van der Waals surface area contributed by atoms with Crippen molar-refractivity contribution in [3.63, 3.8) is 0 Å². The molecule has 0 radical (unpaired) electrons. The minimum absolute atomic E-state index is 0.258. The maximum Gasteiger partial charge on any atom is 0.300 e. The van der Waals surface area contributed by atoms with E-state index in [4.69, 9.17) is 0 Å². The van der Waals surface area contributed by atoms with Crippen molar-refractivity contribution in [2.45, 2.75) is 0 Å². The van der Waals surface area contributed by atoms with Crippen molar-refractivity contribution >= 4 is 33.9 Å². The van der Waals surface area contributed by atoms with Gasteiger partial charge in [-0.15, -0.1) is 0 Å². The van der Waals surface area contributed by atoms with Crippen molar-refractivity contribution in [2.24, 2.45) is 0 Å². The van der Waals surface area contributed by atoms with Gasteiger partial charge in [-0.2, -0.15) is 0 Å². The average Bonchev–Trinajstić information content (AvgIpc) is 2.34. The van der Waals surface area contributed by atoms with E-state index in [1.54, 1.807) is 12.1 Å². The number of hydrogen-bond acceptors (Lipinski definition) is 3. The molecule has 4 heteroatoms. The van der Waals surface area contributed by atoms with Crippen LogP contribution in [0.2, 0.25) is 0 Å². The van der Waals surface area contributed by atoms with Crippen LogP contribution in [0.4, 0.5) is 5.69 Å². The second-order valence-corrected chi connectivity index (χ2v) is 3.86. The van der Waals surface area contributed by atoms with E-state index in [1.165, 1.54) is 0 Å². The van der Waals surface area contributed by atoms with E-state index in [9.17, 15) is 14.4 Å². The minimum Gasteiger partial charge on any atom is -0.318 e. The van der Waals surface area contributed by atoms with Gasteiger partial charge in [0.25, 0.3) is 11.7 Å². The first-order chi connectivity index (χ1) is 8.16. The zero-order valence-corrected chi connectivity index (χ0v) is 8.69. The molecule has 82 valence electrons. The van der Waals surface area contributed by atoms with Crippen LogP contribution in [0.25, 0.3) is 10.8 Å². The highest BCUT2D eigenvalue weighted by Crippen LogP contribution is 2.27. The van der Waals surface area contributed by atoms with Gasteiger partial charge in [0.1, 0.15) is 0 Å². The van der Waals surface area contributed by atoms with Gasteiger partial charge in [-0.25, -0.2) is 0 Å². The van der Waals surface area contributed by atoms with Gasteiger partial charge in [0.05, 0.1) is 11.3 Å². The zero-order chi connectivity index (χ0) is 12.0. The third-order valence-electron chi connectivity index (χ3n) is 2.79. The summed E-state index contributed by atoms with van der Waals surface area (Å²) in [4.78, 5) is 34.1. The van der Waals surface area contributed by atoms with E-state index in [-0.39, 0.29) is 5.56 Å². The Morgan fingerprint density at radius 3 is 2.18 bits per heavy atom. The van der Waals surface area contributed by atoms with Crippen molar-refractivity contribution in [1.29, 1.82) is 0 Å². The van der Waals surface area contributed by atoms with Crippen molar-refractivity contribution in [1.82, 2.24) is 0 Å².